The van der Waals surface area contributed by atoms with Crippen molar-refractivity contribution in [3.63, 3.8) is 0 Å². The summed E-state index contributed by atoms with van der Waals surface area (Å²) < 4.78 is 27.6. The topological polar surface area (TPSA) is 104 Å². The van der Waals surface area contributed by atoms with E-state index >= 15 is 0 Å². The Labute approximate surface area is 185 Å². The maximum atomic E-state index is 12.7. The van der Waals surface area contributed by atoms with Gasteiger partial charge in [-0.2, -0.15) is 4.31 Å². The van der Waals surface area contributed by atoms with E-state index in [1.807, 2.05) is 0 Å². The Kier molecular flexibility index (Phi) is 8.49. The van der Waals surface area contributed by atoms with E-state index in [9.17, 15) is 13.2 Å². The van der Waals surface area contributed by atoms with E-state index in [0.29, 0.717) is 18.8 Å². The summed E-state index contributed by atoms with van der Waals surface area (Å²) in [6.07, 6.45) is 5.05. The van der Waals surface area contributed by atoms with Crippen molar-refractivity contribution in [2.75, 3.05) is 36.0 Å². The summed E-state index contributed by atoms with van der Waals surface area (Å²) in [7, 11) is -3.46. The highest BCUT2D eigenvalue weighted by Gasteiger charge is 2.25. The van der Waals surface area contributed by atoms with Crippen LogP contribution < -0.4 is 10.6 Å². The lowest BCUT2D eigenvalue weighted by Gasteiger charge is -2.25. The summed E-state index contributed by atoms with van der Waals surface area (Å²) in [5.74, 6) is 0.0274. The molecule has 30 heavy (non-hydrogen) atoms. The van der Waals surface area contributed by atoms with Crippen LogP contribution in [0.1, 0.15) is 39.0 Å². The van der Waals surface area contributed by atoms with Crippen LogP contribution in [-0.2, 0) is 14.8 Å². The first kappa shape index (κ1) is 23.0. The van der Waals surface area contributed by atoms with Gasteiger partial charge in [-0.3, -0.25) is 4.79 Å². The highest BCUT2D eigenvalue weighted by Crippen LogP contribution is 2.26. The van der Waals surface area contributed by atoms with Gasteiger partial charge in [0.05, 0.1) is 10.6 Å². The van der Waals surface area contributed by atoms with Crippen LogP contribution >= 0.6 is 23.1 Å². The number of hydrogen-bond donors (Lipinski definition) is 2. The fraction of sp³-hybridized carbons (Fsp3) is 0.526. The van der Waals surface area contributed by atoms with Gasteiger partial charge in [0, 0.05) is 25.3 Å². The molecule has 0 saturated carbocycles. The molecule has 1 aliphatic rings. The van der Waals surface area contributed by atoms with Gasteiger partial charge in [0.2, 0.25) is 21.1 Å². The van der Waals surface area contributed by atoms with Gasteiger partial charge in [-0.25, -0.2) is 8.42 Å². The second kappa shape index (κ2) is 11.1. The molecular formula is C19H27N5O3S3. The van der Waals surface area contributed by atoms with Crippen molar-refractivity contribution in [3.8, 4) is 0 Å². The van der Waals surface area contributed by atoms with Gasteiger partial charge in [0.15, 0.2) is 4.34 Å². The van der Waals surface area contributed by atoms with Gasteiger partial charge in [-0.1, -0.05) is 42.9 Å². The number of amides is 1. The van der Waals surface area contributed by atoms with E-state index in [0.717, 1.165) is 48.1 Å². The monoisotopic (exact) mass is 469 g/mol. The van der Waals surface area contributed by atoms with Gasteiger partial charge in [0.1, 0.15) is 0 Å². The minimum Gasteiger partial charge on any atom is -0.360 e. The molecule has 2 heterocycles. The predicted octanol–water partition coefficient (Wildman–Crippen LogP) is 3.66. The molecule has 0 unspecified atom stereocenters. The third-order valence-corrected chi connectivity index (χ3v) is 8.56. The zero-order chi connectivity index (χ0) is 21.4. The molecule has 1 fully saturated rings. The number of thioether (sulfide) groups is 1. The molecule has 2 aromatic rings. The largest absolute Gasteiger partial charge is 0.360 e. The number of carbonyl (C=O) groups excluding carboxylic acids is 1. The lowest BCUT2D eigenvalue weighted by Crippen LogP contribution is -2.35. The van der Waals surface area contributed by atoms with E-state index in [1.54, 1.807) is 24.3 Å². The third kappa shape index (κ3) is 6.40. The number of piperidine rings is 1. The van der Waals surface area contributed by atoms with Crippen LogP contribution in [0.2, 0.25) is 0 Å². The Morgan fingerprint density at radius 2 is 1.90 bits per heavy atom. The van der Waals surface area contributed by atoms with Gasteiger partial charge < -0.3 is 10.6 Å². The van der Waals surface area contributed by atoms with Crippen LogP contribution in [0.3, 0.4) is 0 Å². The molecule has 1 aliphatic heterocycles. The second-order valence-corrected chi connectivity index (χ2v) is 11.1. The minimum atomic E-state index is -3.46. The number of carbonyl (C=O) groups is 1. The molecule has 1 amide bonds. The normalized spacial score (nSPS) is 15.1. The van der Waals surface area contributed by atoms with Crippen molar-refractivity contribution in [2.24, 2.45) is 0 Å². The van der Waals surface area contributed by atoms with E-state index < -0.39 is 10.0 Å². The summed E-state index contributed by atoms with van der Waals surface area (Å²) in [4.78, 5) is 12.5. The molecule has 0 aliphatic carbocycles. The summed E-state index contributed by atoms with van der Waals surface area (Å²) >= 11 is 2.75. The summed E-state index contributed by atoms with van der Waals surface area (Å²) in [5.41, 5.74) is 0.567. The molecular weight excluding hydrogens is 442 g/mol. The van der Waals surface area contributed by atoms with Crippen LogP contribution in [0.15, 0.2) is 33.5 Å². The van der Waals surface area contributed by atoms with Crippen LogP contribution in [0.4, 0.5) is 10.8 Å². The quantitative estimate of drug-likeness (QED) is 0.404. The van der Waals surface area contributed by atoms with E-state index in [-0.39, 0.29) is 16.6 Å². The SMILES string of the molecule is CCCCNc1nnc(SCC(=O)Nc2ccc(S(=O)(=O)N3CCCCC3)cc2)s1. The first-order chi connectivity index (χ1) is 14.5. The zero-order valence-electron chi connectivity index (χ0n) is 17.0. The molecule has 164 valence electrons. The Balaban J connectivity index is 1.48. The van der Waals surface area contributed by atoms with E-state index in [2.05, 4.69) is 27.8 Å². The molecule has 0 atom stereocenters. The molecule has 2 N–H and O–H groups in total. The first-order valence-electron chi connectivity index (χ1n) is 10.1. The number of rotatable bonds is 10. The molecule has 1 saturated heterocycles. The highest BCUT2D eigenvalue weighted by molar-refractivity contribution is 8.01. The summed E-state index contributed by atoms with van der Waals surface area (Å²) in [5, 5.41) is 14.9. The van der Waals surface area contributed by atoms with Crippen LogP contribution in [0.25, 0.3) is 0 Å². The van der Waals surface area contributed by atoms with Crippen molar-refractivity contribution in [2.45, 2.75) is 48.3 Å². The van der Waals surface area contributed by atoms with Gasteiger partial charge in [-0.05, 0) is 43.5 Å². The molecule has 0 spiro atoms. The average molecular weight is 470 g/mol. The van der Waals surface area contributed by atoms with Crippen molar-refractivity contribution in [1.29, 1.82) is 0 Å². The zero-order valence-corrected chi connectivity index (χ0v) is 19.4. The third-order valence-electron chi connectivity index (χ3n) is 4.63. The van der Waals surface area contributed by atoms with Crippen LogP contribution in [0.5, 0.6) is 0 Å². The average Bonchev–Trinajstić information content (AvgIpc) is 3.21. The maximum absolute atomic E-state index is 12.7. The fourth-order valence-corrected chi connectivity index (χ4v) is 6.10. The van der Waals surface area contributed by atoms with Gasteiger partial charge in [-0.15, -0.1) is 10.2 Å². The smallest absolute Gasteiger partial charge is 0.243 e. The number of nitrogens with zero attached hydrogens (tertiary/aromatic N) is 3. The number of aromatic nitrogens is 2. The number of anilines is 2. The van der Waals surface area contributed by atoms with E-state index in [4.69, 9.17) is 0 Å². The van der Waals surface area contributed by atoms with Crippen molar-refractivity contribution >= 4 is 49.8 Å². The van der Waals surface area contributed by atoms with Crippen molar-refractivity contribution in [3.05, 3.63) is 24.3 Å². The van der Waals surface area contributed by atoms with Crippen LogP contribution in [0, 0.1) is 0 Å². The molecule has 0 radical (unpaired) electrons. The second-order valence-electron chi connectivity index (χ2n) is 6.98. The Morgan fingerprint density at radius 3 is 2.60 bits per heavy atom. The lowest BCUT2D eigenvalue weighted by molar-refractivity contribution is -0.113. The predicted molar refractivity (Wildman–Crippen MR) is 122 cm³/mol. The van der Waals surface area contributed by atoms with Gasteiger partial charge in [0.25, 0.3) is 0 Å². The van der Waals surface area contributed by atoms with Crippen LogP contribution in [-0.4, -0.2) is 54.2 Å². The molecule has 1 aromatic carbocycles. The molecule has 3 rings (SSSR count). The minimum absolute atomic E-state index is 0.178. The van der Waals surface area contributed by atoms with E-state index in [1.165, 1.54) is 27.4 Å². The first-order valence-corrected chi connectivity index (χ1v) is 13.3. The number of benzene rings is 1. The number of nitrogens with one attached hydrogen (secondary N) is 2. The summed E-state index contributed by atoms with van der Waals surface area (Å²) in [6.45, 7) is 4.13. The lowest BCUT2D eigenvalue weighted by atomic mass is 10.2. The Bertz CT molecular complexity index is 925. The maximum Gasteiger partial charge on any atom is 0.243 e. The molecule has 11 heteroatoms. The van der Waals surface area contributed by atoms with Gasteiger partial charge >= 0.3 is 0 Å². The number of sulfonamides is 1. The summed E-state index contributed by atoms with van der Waals surface area (Å²) in [6, 6.07) is 6.34. The fourth-order valence-electron chi connectivity index (χ4n) is 3.00. The number of hydrogen-bond acceptors (Lipinski definition) is 8. The molecule has 1 aromatic heterocycles. The Morgan fingerprint density at radius 1 is 1.17 bits per heavy atom. The standard InChI is InChI=1S/C19H27N5O3S3/c1-2-3-11-20-18-22-23-19(29-18)28-14-17(25)21-15-7-9-16(10-8-15)30(26,27)24-12-5-4-6-13-24/h7-10H,2-6,11-14H2,1H3,(H,20,22)(H,21,25). The molecule has 0 bridgehead atoms. The molecule has 8 nitrogen and oxygen atoms in total. The van der Waals surface area contributed by atoms with Crippen molar-refractivity contribution < 1.29 is 13.2 Å². The van der Waals surface area contributed by atoms with Crippen molar-refractivity contribution in [1.82, 2.24) is 14.5 Å². The Hall–Kier alpha value is -1.69. The number of unbranched alkanes of at least 4 members (excludes halogenated alkanes) is 1. The highest BCUT2D eigenvalue weighted by atomic mass is 32.2.